The number of aromatic hydroxyl groups is 1. The summed E-state index contributed by atoms with van der Waals surface area (Å²) in [5.74, 6) is -0.465. The Morgan fingerprint density at radius 3 is 2.78 bits per heavy atom. The first-order chi connectivity index (χ1) is 8.49. The number of anilines is 1. The molecule has 0 radical (unpaired) electrons. The minimum Gasteiger partial charge on any atom is -0.507 e. The van der Waals surface area contributed by atoms with Crippen LogP contribution in [0.15, 0.2) is 12.1 Å². The zero-order chi connectivity index (χ0) is 13.7. The molecule has 0 saturated heterocycles. The molecule has 0 aromatic heterocycles. The SMILES string of the molecule is CC(=O)c1cc(C#N)c(NCC(O)CCl)cc1O. The van der Waals surface area contributed by atoms with Crippen molar-refractivity contribution >= 4 is 23.1 Å². The van der Waals surface area contributed by atoms with Crippen LogP contribution in [0.2, 0.25) is 0 Å². The van der Waals surface area contributed by atoms with E-state index in [-0.39, 0.29) is 35.1 Å². The number of ketones is 1. The molecule has 0 aliphatic heterocycles. The minimum atomic E-state index is -0.757. The number of aliphatic hydroxyl groups excluding tert-OH is 1. The second-order valence-corrected chi connectivity index (χ2v) is 4.08. The summed E-state index contributed by atoms with van der Waals surface area (Å²) in [7, 11) is 0. The highest BCUT2D eigenvalue weighted by Gasteiger charge is 2.13. The van der Waals surface area contributed by atoms with Crippen molar-refractivity contribution < 1.29 is 15.0 Å². The van der Waals surface area contributed by atoms with Crippen LogP contribution in [0.4, 0.5) is 5.69 Å². The Bertz CT molecular complexity index is 497. The van der Waals surface area contributed by atoms with Crippen molar-refractivity contribution in [1.29, 1.82) is 5.26 Å². The summed E-state index contributed by atoms with van der Waals surface area (Å²) < 4.78 is 0. The molecule has 0 amide bonds. The first-order valence-corrected chi connectivity index (χ1v) is 5.79. The lowest BCUT2D eigenvalue weighted by atomic mass is 10.1. The summed E-state index contributed by atoms with van der Waals surface area (Å²) in [6.07, 6.45) is -0.757. The van der Waals surface area contributed by atoms with Gasteiger partial charge in [0.25, 0.3) is 0 Å². The lowest BCUT2D eigenvalue weighted by molar-refractivity contribution is 0.101. The molecule has 18 heavy (non-hydrogen) atoms. The maximum Gasteiger partial charge on any atom is 0.163 e. The second kappa shape index (κ2) is 6.24. The number of phenolic OH excluding ortho intramolecular Hbond substituents is 1. The van der Waals surface area contributed by atoms with Gasteiger partial charge in [0.15, 0.2) is 5.78 Å². The maximum atomic E-state index is 11.2. The molecule has 1 aromatic carbocycles. The number of benzene rings is 1. The topological polar surface area (TPSA) is 93.4 Å². The molecule has 0 aliphatic rings. The first-order valence-electron chi connectivity index (χ1n) is 5.25. The Labute approximate surface area is 110 Å². The van der Waals surface area contributed by atoms with Gasteiger partial charge in [-0.3, -0.25) is 4.79 Å². The lowest BCUT2D eigenvalue weighted by Gasteiger charge is -2.12. The van der Waals surface area contributed by atoms with Crippen LogP contribution in [0.5, 0.6) is 5.75 Å². The Hall–Kier alpha value is -1.77. The van der Waals surface area contributed by atoms with Crippen LogP contribution in [-0.4, -0.2) is 34.5 Å². The summed E-state index contributed by atoms with van der Waals surface area (Å²) in [6.45, 7) is 1.46. The number of Topliss-reactive ketones (excluding diaryl/α,β-unsaturated/α-hetero) is 1. The van der Waals surface area contributed by atoms with Gasteiger partial charge >= 0.3 is 0 Å². The van der Waals surface area contributed by atoms with Gasteiger partial charge in [-0.15, -0.1) is 11.6 Å². The van der Waals surface area contributed by atoms with Gasteiger partial charge in [-0.05, 0) is 13.0 Å². The molecule has 1 atom stereocenters. The Kier molecular flexibility index (Phi) is 4.95. The van der Waals surface area contributed by atoms with Crippen LogP contribution in [0.25, 0.3) is 0 Å². The summed E-state index contributed by atoms with van der Waals surface area (Å²) >= 11 is 5.44. The van der Waals surface area contributed by atoms with Gasteiger partial charge in [-0.25, -0.2) is 0 Å². The number of carbonyl (C=O) groups is 1. The molecule has 0 aliphatic carbocycles. The number of halogens is 1. The zero-order valence-electron chi connectivity index (χ0n) is 9.77. The van der Waals surface area contributed by atoms with Crippen LogP contribution in [-0.2, 0) is 0 Å². The standard InChI is InChI=1S/C12H13ClN2O3/c1-7(16)10-2-8(5-14)11(3-12(10)18)15-6-9(17)4-13/h2-3,9,15,17-18H,4,6H2,1H3. The van der Waals surface area contributed by atoms with Crippen LogP contribution in [0.3, 0.4) is 0 Å². The van der Waals surface area contributed by atoms with E-state index in [1.165, 1.54) is 19.1 Å². The Morgan fingerprint density at radius 2 is 2.28 bits per heavy atom. The third-order valence-electron chi connectivity index (χ3n) is 2.34. The number of nitrogens with zero attached hydrogens (tertiary/aromatic N) is 1. The molecule has 1 aromatic rings. The van der Waals surface area contributed by atoms with E-state index in [0.29, 0.717) is 5.69 Å². The Morgan fingerprint density at radius 1 is 1.61 bits per heavy atom. The minimum absolute atomic E-state index is 0.0619. The van der Waals surface area contributed by atoms with E-state index in [1.54, 1.807) is 0 Å². The number of aliphatic hydroxyl groups is 1. The number of carbonyl (C=O) groups excluding carboxylic acids is 1. The fourth-order valence-corrected chi connectivity index (χ4v) is 1.50. The molecular weight excluding hydrogens is 256 g/mol. The predicted octanol–water partition coefficient (Wildman–Crippen LogP) is 1.48. The van der Waals surface area contributed by atoms with E-state index in [4.69, 9.17) is 16.9 Å². The molecule has 0 fully saturated rings. The number of nitriles is 1. The van der Waals surface area contributed by atoms with Gasteiger partial charge in [0.05, 0.1) is 28.8 Å². The van der Waals surface area contributed by atoms with Gasteiger partial charge in [-0.1, -0.05) is 0 Å². The maximum absolute atomic E-state index is 11.2. The Balaban J connectivity index is 3.03. The molecule has 6 heteroatoms. The third kappa shape index (κ3) is 3.36. The number of alkyl halides is 1. The number of hydrogen-bond acceptors (Lipinski definition) is 5. The zero-order valence-corrected chi connectivity index (χ0v) is 10.5. The summed E-state index contributed by atoms with van der Waals surface area (Å²) in [5.41, 5.74) is 0.666. The average Bonchev–Trinajstić information content (AvgIpc) is 2.35. The van der Waals surface area contributed by atoms with Gasteiger partial charge < -0.3 is 15.5 Å². The van der Waals surface area contributed by atoms with Crippen molar-refractivity contribution in [3.05, 3.63) is 23.3 Å². The molecule has 3 N–H and O–H groups in total. The monoisotopic (exact) mass is 268 g/mol. The highest BCUT2D eigenvalue weighted by atomic mass is 35.5. The molecule has 1 rings (SSSR count). The largest absolute Gasteiger partial charge is 0.507 e. The second-order valence-electron chi connectivity index (χ2n) is 3.77. The third-order valence-corrected chi connectivity index (χ3v) is 2.70. The van der Waals surface area contributed by atoms with E-state index >= 15 is 0 Å². The van der Waals surface area contributed by atoms with Crippen LogP contribution >= 0.6 is 11.6 Å². The summed E-state index contributed by atoms with van der Waals surface area (Å²) in [5, 5.41) is 30.7. The van der Waals surface area contributed by atoms with Crippen LogP contribution in [0.1, 0.15) is 22.8 Å². The highest BCUT2D eigenvalue weighted by molar-refractivity contribution is 6.18. The number of nitrogens with one attached hydrogen (secondary N) is 1. The van der Waals surface area contributed by atoms with Crippen molar-refractivity contribution in [3.8, 4) is 11.8 Å². The van der Waals surface area contributed by atoms with Crippen LogP contribution < -0.4 is 5.32 Å². The van der Waals surface area contributed by atoms with Gasteiger partial charge in [0, 0.05) is 12.6 Å². The van der Waals surface area contributed by atoms with Crippen molar-refractivity contribution in [1.82, 2.24) is 0 Å². The quantitative estimate of drug-likeness (QED) is 0.555. The molecule has 5 nitrogen and oxygen atoms in total. The normalized spacial score (nSPS) is 11.7. The number of phenols is 1. The van der Waals surface area contributed by atoms with E-state index in [2.05, 4.69) is 5.32 Å². The van der Waals surface area contributed by atoms with Gasteiger partial charge in [0.1, 0.15) is 11.8 Å². The highest BCUT2D eigenvalue weighted by Crippen LogP contribution is 2.26. The van der Waals surface area contributed by atoms with E-state index in [0.717, 1.165) is 0 Å². The fourth-order valence-electron chi connectivity index (χ4n) is 1.39. The number of rotatable bonds is 5. The van der Waals surface area contributed by atoms with E-state index < -0.39 is 6.10 Å². The lowest BCUT2D eigenvalue weighted by Crippen LogP contribution is -2.21. The smallest absolute Gasteiger partial charge is 0.163 e. The van der Waals surface area contributed by atoms with Crippen molar-refractivity contribution in [2.75, 3.05) is 17.7 Å². The molecule has 1 unspecified atom stereocenters. The molecule has 96 valence electrons. The fraction of sp³-hybridized carbons (Fsp3) is 0.333. The van der Waals surface area contributed by atoms with Gasteiger partial charge in [-0.2, -0.15) is 5.26 Å². The molecule has 0 saturated carbocycles. The molecule has 0 spiro atoms. The first kappa shape index (κ1) is 14.3. The summed E-state index contributed by atoms with van der Waals surface area (Å²) in [4.78, 5) is 11.2. The van der Waals surface area contributed by atoms with E-state index in [1.807, 2.05) is 6.07 Å². The van der Waals surface area contributed by atoms with E-state index in [9.17, 15) is 15.0 Å². The van der Waals surface area contributed by atoms with Crippen molar-refractivity contribution in [2.45, 2.75) is 13.0 Å². The summed E-state index contributed by atoms with van der Waals surface area (Å²) in [6, 6.07) is 4.52. The average molecular weight is 269 g/mol. The van der Waals surface area contributed by atoms with Crippen LogP contribution in [0, 0.1) is 11.3 Å². The molecule has 0 heterocycles. The predicted molar refractivity (Wildman–Crippen MR) is 68.0 cm³/mol. The van der Waals surface area contributed by atoms with Crippen molar-refractivity contribution in [2.24, 2.45) is 0 Å². The number of hydrogen-bond donors (Lipinski definition) is 3. The molecular formula is C12H13ClN2O3. The molecule has 0 bridgehead atoms. The van der Waals surface area contributed by atoms with Crippen molar-refractivity contribution in [3.63, 3.8) is 0 Å². The van der Waals surface area contributed by atoms with Gasteiger partial charge in [0.2, 0.25) is 0 Å².